The monoisotopic (exact) mass is 370 g/mol. The molecule has 0 bridgehead atoms. The Balaban J connectivity index is 1.71. The number of aliphatic carboxylic acids is 1. The smallest absolute Gasteiger partial charge is 0.416 e. The topological polar surface area (TPSA) is 70.5 Å². The van der Waals surface area contributed by atoms with Gasteiger partial charge in [-0.05, 0) is 12.1 Å². The predicted octanol–water partition coefficient (Wildman–Crippen LogP) is 3.26. The van der Waals surface area contributed by atoms with Gasteiger partial charge >= 0.3 is 12.1 Å². The van der Waals surface area contributed by atoms with Crippen LogP contribution in [0.4, 0.5) is 13.2 Å². The molecule has 0 radical (unpaired) electrons. The van der Waals surface area contributed by atoms with Crippen molar-refractivity contribution < 1.29 is 27.9 Å². The van der Waals surface area contributed by atoms with Gasteiger partial charge in [0.15, 0.2) is 0 Å². The molecule has 132 valence electrons. The summed E-state index contributed by atoms with van der Waals surface area (Å²) in [6.45, 7) is 0.334. The molecule has 0 aliphatic carbocycles. The van der Waals surface area contributed by atoms with E-state index in [1.165, 1.54) is 28.4 Å². The molecule has 9 heteroatoms. The van der Waals surface area contributed by atoms with Crippen molar-refractivity contribution >= 4 is 23.2 Å². The molecule has 1 fully saturated rings. The first-order chi connectivity index (χ1) is 11.7. The van der Waals surface area contributed by atoms with E-state index in [4.69, 9.17) is 5.11 Å². The van der Waals surface area contributed by atoms with Crippen LogP contribution in [0.2, 0.25) is 0 Å². The van der Waals surface area contributed by atoms with Gasteiger partial charge in [0, 0.05) is 23.9 Å². The van der Waals surface area contributed by atoms with Gasteiger partial charge in [0.05, 0.1) is 23.7 Å². The number of aromatic nitrogens is 1. The third-order valence-corrected chi connectivity index (χ3v) is 4.87. The Morgan fingerprint density at radius 2 is 2.00 bits per heavy atom. The van der Waals surface area contributed by atoms with E-state index in [0.29, 0.717) is 16.3 Å². The molecule has 25 heavy (non-hydrogen) atoms. The maximum Gasteiger partial charge on any atom is 0.416 e. The largest absolute Gasteiger partial charge is 0.481 e. The molecule has 1 unspecified atom stereocenters. The second-order valence-electron chi connectivity index (χ2n) is 5.73. The standard InChI is InChI=1S/C16H13F3N2O3S/c17-16(18,19)11-3-1-9(2-4-11)14-20-12(8-25-14)7-21-6-10(15(23)24)5-13(21)22/h1-4,8,10H,5-7H2,(H,23,24). The van der Waals surface area contributed by atoms with E-state index >= 15 is 0 Å². The third-order valence-electron chi connectivity index (χ3n) is 3.93. The van der Waals surface area contributed by atoms with Crippen molar-refractivity contribution in [2.75, 3.05) is 6.54 Å². The van der Waals surface area contributed by atoms with Crippen LogP contribution < -0.4 is 0 Å². The van der Waals surface area contributed by atoms with E-state index in [-0.39, 0.29) is 25.4 Å². The van der Waals surface area contributed by atoms with Gasteiger partial charge in [-0.25, -0.2) is 4.98 Å². The Morgan fingerprint density at radius 1 is 1.32 bits per heavy atom. The highest BCUT2D eigenvalue weighted by atomic mass is 32.1. The van der Waals surface area contributed by atoms with Crippen LogP contribution >= 0.6 is 11.3 Å². The van der Waals surface area contributed by atoms with Gasteiger partial charge in [-0.15, -0.1) is 11.3 Å². The molecule has 1 N–H and O–H groups in total. The fraction of sp³-hybridized carbons (Fsp3) is 0.312. The van der Waals surface area contributed by atoms with Gasteiger partial charge < -0.3 is 10.0 Å². The number of carbonyl (C=O) groups is 2. The molecule has 2 aromatic rings. The lowest BCUT2D eigenvalue weighted by molar-refractivity contribution is -0.141. The molecule has 2 heterocycles. The van der Waals surface area contributed by atoms with Crippen LogP contribution in [0, 0.1) is 5.92 Å². The Kier molecular flexibility index (Phi) is 4.51. The number of rotatable bonds is 4. The van der Waals surface area contributed by atoms with Crippen LogP contribution in [-0.4, -0.2) is 33.4 Å². The number of hydrogen-bond acceptors (Lipinski definition) is 4. The summed E-state index contributed by atoms with van der Waals surface area (Å²) in [5, 5.41) is 11.2. The average Bonchev–Trinajstić information content (AvgIpc) is 3.15. The number of likely N-dealkylation sites (tertiary alicyclic amines) is 1. The summed E-state index contributed by atoms with van der Waals surface area (Å²) in [5.74, 6) is -1.95. The number of benzene rings is 1. The zero-order valence-corrected chi connectivity index (χ0v) is 13.6. The minimum absolute atomic E-state index is 0.0226. The van der Waals surface area contributed by atoms with Crippen molar-refractivity contribution in [3.05, 3.63) is 40.9 Å². The van der Waals surface area contributed by atoms with Crippen molar-refractivity contribution in [2.24, 2.45) is 5.92 Å². The summed E-state index contributed by atoms with van der Waals surface area (Å²) >= 11 is 1.26. The molecule has 1 atom stereocenters. The predicted molar refractivity (Wildman–Crippen MR) is 83.7 cm³/mol. The molecule has 0 spiro atoms. The fourth-order valence-electron chi connectivity index (χ4n) is 2.60. The highest BCUT2D eigenvalue weighted by Crippen LogP contribution is 2.32. The number of thiazole rings is 1. The highest BCUT2D eigenvalue weighted by Gasteiger charge is 2.34. The van der Waals surface area contributed by atoms with Crippen LogP contribution in [-0.2, 0) is 22.3 Å². The van der Waals surface area contributed by atoms with Crippen molar-refractivity contribution in [3.63, 3.8) is 0 Å². The Labute approximate surface area is 144 Å². The Bertz CT molecular complexity index is 802. The molecular formula is C16H13F3N2O3S. The van der Waals surface area contributed by atoms with E-state index in [0.717, 1.165) is 12.1 Å². The van der Waals surface area contributed by atoms with Gasteiger partial charge in [0.1, 0.15) is 5.01 Å². The minimum atomic E-state index is -4.39. The summed E-state index contributed by atoms with van der Waals surface area (Å²) in [6, 6.07) is 4.70. The highest BCUT2D eigenvalue weighted by molar-refractivity contribution is 7.13. The first kappa shape index (κ1) is 17.4. The van der Waals surface area contributed by atoms with Crippen molar-refractivity contribution in [2.45, 2.75) is 19.1 Å². The first-order valence-corrected chi connectivity index (χ1v) is 8.24. The van der Waals surface area contributed by atoms with Crippen LogP contribution in [0.15, 0.2) is 29.6 Å². The number of carbonyl (C=O) groups excluding carboxylic acids is 1. The summed E-state index contributed by atoms with van der Waals surface area (Å²) in [4.78, 5) is 28.6. The van der Waals surface area contributed by atoms with E-state index in [1.54, 1.807) is 5.38 Å². The number of nitrogens with zero attached hydrogens (tertiary/aromatic N) is 2. The number of hydrogen-bond donors (Lipinski definition) is 1. The van der Waals surface area contributed by atoms with Crippen LogP contribution in [0.25, 0.3) is 10.6 Å². The van der Waals surface area contributed by atoms with Gasteiger partial charge in [0.25, 0.3) is 0 Å². The summed E-state index contributed by atoms with van der Waals surface area (Å²) in [5.41, 5.74) is 0.412. The summed E-state index contributed by atoms with van der Waals surface area (Å²) in [7, 11) is 0. The third kappa shape index (κ3) is 3.81. The summed E-state index contributed by atoms with van der Waals surface area (Å²) in [6.07, 6.45) is -4.41. The van der Waals surface area contributed by atoms with Crippen molar-refractivity contribution in [1.82, 2.24) is 9.88 Å². The fourth-order valence-corrected chi connectivity index (χ4v) is 3.42. The molecule has 1 aromatic heterocycles. The van der Waals surface area contributed by atoms with Gasteiger partial charge in [-0.2, -0.15) is 13.2 Å². The molecule has 1 aromatic carbocycles. The van der Waals surface area contributed by atoms with E-state index < -0.39 is 23.6 Å². The van der Waals surface area contributed by atoms with E-state index in [2.05, 4.69) is 4.98 Å². The maximum atomic E-state index is 12.6. The lowest BCUT2D eigenvalue weighted by atomic mass is 10.1. The van der Waals surface area contributed by atoms with Crippen LogP contribution in [0.1, 0.15) is 17.7 Å². The lowest BCUT2D eigenvalue weighted by Gasteiger charge is -2.13. The zero-order chi connectivity index (χ0) is 18.2. The quantitative estimate of drug-likeness (QED) is 0.897. The molecule has 1 amide bonds. The number of halogens is 3. The molecule has 1 aliphatic rings. The Hall–Kier alpha value is -2.42. The van der Waals surface area contributed by atoms with Gasteiger partial charge in [-0.3, -0.25) is 9.59 Å². The number of alkyl halides is 3. The molecule has 3 rings (SSSR count). The molecule has 0 saturated carbocycles. The van der Waals surface area contributed by atoms with Crippen molar-refractivity contribution in [3.8, 4) is 10.6 Å². The minimum Gasteiger partial charge on any atom is -0.481 e. The molecular weight excluding hydrogens is 357 g/mol. The van der Waals surface area contributed by atoms with Gasteiger partial charge in [-0.1, -0.05) is 12.1 Å². The van der Waals surface area contributed by atoms with Gasteiger partial charge in [0.2, 0.25) is 5.91 Å². The van der Waals surface area contributed by atoms with Crippen LogP contribution in [0.3, 0.4) is 0 Å². The molecule has 5 nitrogen and oxygen atoms in total. The molecule has 1 saturated heterocycles. The summed E-state index contributed by atoms with van der Waals surface area (Å²) < 4.78 is 37.8. The number of carboxylic acid groups (broad SMARTS) is 1. The van der Waals surface area contributed by atoms with Crippen LogP contribution in [0.5, 0.6) is 0 Å². The second-order valence-corrected chi connectivity index (χ2v) is 6.59. The van der Waals surface area contributed by atoms with E-state index in [9.17, 15) is 22.8 Å². The number of amides is 1. The molecule has 1 aliphatic heterocycles. The van der Waals surface area contributed by atoms with E-state index in [1.807, 2.05) is 0 Å². The zero-order valence-electron chi connectivity index (χ0n) is 12.8. The maximum absolute atomic E-state index is 12.6. The second kappa shape index (κ2) is 6.47. The Morgan fingerprint density at radius 3 is 2.56 bits per heavy atom. The SMILES string of the molecule is O=C(O)C1CC(=O)N(Cc2csc(-c3ccc(C(F)(F)F)cc3)n2)C1. The average molecular weight is 370 g/mol. The van der Waals surface area contributed by atoms with Crippen molar-refractivity contribution in [1.29, 1.82) is 0 Å². The number of carboxylic acids is 1. The lowest BCUT2D eigenvalue weighted by Crippen LogP contribution is -2.25. The normalized spacial score (nSPS) is 18.0. The first-order valence-electron chi connectivity index (χ1n) is 7.36.